The molecule has 5 heteroatoms. The molecule has 0 N–H and O–H groups in total. The minimum Gasteiger partial charge on any atom is -0.481 e. The number of ether oxygens (including phenoxy) is 1. The molecule has 23 heavy (non-hydrogen) atoms. The van der Waals surface area contributed by atoms with Gasteiger partial charge in [-0.25, -0.2) is 9.97 Å². The number of aromatic nitrogens is 2. The van der Waals surface area contributed by atoms with E-state index in [0.717, 1.165) is 45.0 Å². The Morgan fingerprint density at radius 3 is 2.57 bits per heavy atom. The molecule has 0 radical (unpaired) electrons. The van der Waals surface area contributed by atoms with E-state index in [9.17, 15) is 0 Å². The number of piperazine rings is 1. The normalized spacial score (nSPS) is 15.6. The molecule has 0 spiro atoms. The van der Waals surface area contributed by atoms with Gasteiger partial charge in [-0.3, -0.25) is 4.90 Å². The lowest BCUT2D eigenvalue weighted by molar-refractivity contribution is 0.254. The molecule has 122 valence electrons. The average Bonchev–Trinajstić information content (AvgIpc) is 2.63. The van der Waals surface area contributed by atoms with Crippen molar-refractivity contribution in [2.75, 3.05) is 44.7 Å². The molecule has 2 heterocycles. The fourth-order valence-corrected chi connectivity index (χ4v) is 2.97. The van der Waals surface area contributed by atoms with Gasteiger partial charge in [0.1, 0.15) is 12.1 Å². The van der Waals surface area contributed by atoms with Crippen LogP contribution in [0.1, 0.15) is 12.0 Å². The van der Waals surface area contributed by atoms with Crippen molar-refractivity contribution in [2.45, 2.75) is 12.8 Å². The van der Waals surface area contributed by atoms with Gasteiger partial charge in [-0.2, -0.15) is 0 Å². The van der Waals surface area contributed by atoms with Crippen molar-refractivity contribution >= 4 is 5.82 Å². The molecule has 3 rings (SSSR count). The van der Waals surface area contributed by atoms with Crippen LogP contribution in [0.4, 0.5) is 5.82 Å². The molecule has 0 amide bonds. The Morgan fingerprint density at radius 1 is 1.04 bits per heavy atom. The van der Waals surface area contributed by atoms with Crippen LogP contribution in [0.15, 0.2) is 42.7 Å². The van der Waals surface area contributed by atoms with Gasteiger partial charge in [0.25, 0.3) is 0 Å². The molecule has 0 saturated carbocycles. The summed E-state index contributed by atoms with van der Waals surface area (Å²) >= 11 is 0. The highest BCUT2D eigenvalue weighted by Gasteiger charge is 2.18. The summed E-state index contributed by atoms with van der Waals surface area (Å²) < 4.78 is 5.17. The van der Waals surface area contributed by atoms with Crippen molar-refractivity contribution in [1.29, 1.82) is 0 Å². The summed E-state index contributed by atoms with van der Waals surface area (Å²) in [5, 5.41) is 0. The van der Waals surface area contributed by atoms with Gasteiger partial charge >= 0.3 is 0 Å². The molecule has 1 aliphatic heterocycles. The molecule has 0 unspecified atom stereocenters. The second kappa shape index (κ2) is 7.92. The van der Waals surface area contributed by atoms with E-state index in [0.29, 0.717) is 5.88 Å². The Balaban J connectivity index is 1.43. The summed E-state index contributed by atoms with van der Waals surface area (Å²) in [6, 6.07) is 12.6. The van der Waals surface area contributed by atoms with Crippen molar-refractivity contribution in [2.24, 2.45) is 0 Å². The minimum absolute atomic E-state index is 0.625. The van der Waals surface area contributed by atoms with Gasteiger partial charge in [-0.15, -0.1) is 0 Å². The predicted molar refractivity (Wildman–Crippen MR) is 92.0 cm³/mol. The van der Waals surface area contributed by atoms with Crippen LogP contribution in [-0.2, 0) is 6.42 Å². The summed E-state index contributed by atoms with van der Waals surface area (Å²) in [4.78, 5) is 13.3. The standard InChI is InChI=1S/C18H24N4O/c1-23-18-14-17(19-15-20-18)22-12-10-21(11-13-22)9-5-8-16-6-3-2-4-7-16/h2-4,6-7,14-15H,5,8-13H2,1H3. The van der Waals surface area contributed by atoms with Crippen molar-refractivity contribution in [3.63, 3.8) is 0 Å². The number of nitrogens with zero attached hydrogens (tertiary/aromatic N) is 4. The highest BCUT2D eigenvalue weighted by atomic mass is 16.5. The summed E-state index contributed by atoms with van der Waals surface area (Å²) in [5.41, 5.74) is 1.43. The first kappa shape index (κ1) is 15.7. The summed E-state index contributed by atoms with van der Waals surface area (Å²) in [7, 11) is 1.64. The lowest BCUT2D eigenvalue weighted by atomic mass is 10.1. The smallest absolute Gasteiger partial charge is 0.218 e. The lowest BCUT2D eigenvalue weighted by Crippen LogP contribution is -2.47. The molecular formula is C18H24N4O. The Kier molecular flexibility index (Phi) is 5.42. The highest BCUT2D eigenvalue weighted by molar-refractivity contribution is 5.41. The van der Waals surface area contributed by atoms with Crippen LogP contribution >= 0.6 is 0 Å². The molecule has 1 aromatic carbocycles. The monoisotopic (exact) mass is 312 g/mol. The number of methoxy groups -OCH3 is 1. The van der Waals surface area contributed by atoms with Crippen molar-refractivity contribution < 1.29 is 4.74 Å². The molecule has 5 nitrogen and oxygen atoms in total. The third-order valence-corrected chi connectivity index (χ3v) is 4.32. The molecule has 0 aliphatic carbocycles. The Hall–Kier alpha value is -2.14. The maximum atomic E-state index is 5.17. The fraction of sp³-hybridized carbons (Fsp3) is 0.444. The van der Waals surface area contributed by atoms with Crippen LogP contribution in [0, 0.1) is 0 Å². The lowest BCUT2D eigenvalue weighted by Gasteiger charge is -2.35. The maximum Gasteiger partial charge on any atom is 0.218 e. The van der Waals surface area contributed by atoms with Crippen LogP contribution in [0.5, 0.6) is 5.88 Å². The summed E-state index contributed by atoms with van der Waals surface area (Å²) in [6.45, 7) is 5.34. The van der Waals surface area contributed by atoms with Gasteiger partial charge in [0, 0.05) is 32.2 Å². The van der Waals surface area contributed by atoms with Gasteiger partial charge < -0.3 is 9.64 Å². The molecule has 1 fully saturated rings. The third kappa shape index (κ3) is 4.42. The molecule has 0 bridgehead atoms. The number of benzene rings is 1. The van der Waals surface area contributed by atoms with Crippen LogP contribution in [0.3, 0.4) is 0 Å². The molecule has 2 aromatic rings. The highest BCUT2D eigenvalue weighted by Crippen LogP contribution is 2.17. The first-order chi connectivity index (χ1) is 11.3. The molecule has 1 aromatic heterocycles. The Morgan fingerprint density at radius 2 is 1.83 bits per heavy atom. The van der Waals surface area contributed by atoms with Crippen molar-refractivity contribution in [1.82, 2.24) is 14.9 Å². The molecule has 0 atom stereocenters. The zero-order valence-corrected chi connectivity index (χ0v) is 13.7. The molecule has 1 aliphatic rings. The van der Waals surface area contributed by atoms with Crippen molar-refractivity contribution in [3.05, 3.63) is 48.3 Å². The number of rotatable bonds is 6. The van der Waals surface area contributed by atoms with Crippen LogP contribution in [0.2, 0.25) is 0 Å². The zero-order chi connectivity index (χ0) is 15.9. The number of hydrogen-bond donors (Lipinski definition) is 0. The quantitative estimate of drug-likeness (QED) is 0.818. The zero-order valence-electron chi connectivity index (χ0n) is 13.7. The van der Waals surface area contributed by atoms with E-state index in [1.165, 1.54) is 12.0 Å². The van der Waals surface area contributed by atoms with E-state index in [4.69, 9.17) is 4.74 Å². The first-order valence-electron chi connectivity index (χ1n) is 8.22. The van der Waals surface area contributed by atoms with Crippen LogP contribution in [0.25, 0.3) is 0 Å². The SMILES string of the molecule is COc1cc(N2CCN(CCCc3ccccc3)CC2)ncn1. The van der Waals surface area contributed by atoms with E-state index in [-0.39, 0.29) is 0 Å². The number of aryl methyl sites for hydroxylation is 1. The second-order valence-electron chi connectivity index (χ2n) is 5.84. The van der Waals surface area contributed by atoms with E-state index >= 15 is 0 Å². The van der Waals surface area contributed by atoms with Gasteiger partial charge in [-0.1, -0.05) is 30.3 Å². The van der Waals surface area contributed by atoms with E-state index in [1.807, 2.05) is 6.07 Å². The van der Waals surface area contributed by atoms with Crippen LogP contribution < -0.4 is 9.64 Å². The van der Waals surface area contributed by atoms with E-state index in [1.54, 1.807) is 13.4 Å². The first-order valence-corrected chi connectivity index (χ1v) is 8.22. The van der Waals surface area contributed by atoms with Crippen LogP contribution in [-0.4, -0.2) is 54.7 Å². The fourth-order valence-electron chi connectivity index (χ4n) is 2.97. The van der Waals surface area contributed by atoms with Crippen molar-refractivity contribution in [3.8, 4) is 5.88 Å². The second-order valence-corrected chi connectivity index (χ2v) is 5.84. The van der Waals surface area contributed by atoms with E-state index in [2.05, 4.69) is 50.1 Å². The topological polar surface area (TPSA) is 41.5 Å². The van der Waals surface area contributed by atoms with Gasteiger partial charge in [-0.05, 0) is 24.9 Å². The van der Waals surface area contributed by atoms with Gasteiger partial charge in [0.2, 0.25) is 5.88 Å². The summed E-state index contributed by atoms with van der Waals surface area (Å²) in [5.74, 6) is 1.58. The summed E-state index contributed by atoms with van der Waals surface area (Å²) in [6.07, 6.45) is 3.94. The van der Waals surface area contributed by atoms with Gasteiger partial charge in [0.15, 0.2) is 0 Å². The average molecular weight is 312 g/mol. The Labute approximate surface area is 137 Å². The van der Waals surface area contributed by atoms with Gasteiger partial charge in [0.05, 0.1) is 7.11 Å². The molecule has 1 saturated heterocycles. The Bertz CT molecular complexity index is 597. The number of anilines is 1. The number of hydrogen-bond acceptors (Lipinski definition) is 5. The van der Waals surface area contributed by atoms with E-state index < -0.39 is 0 Å². The predicted octanol–water partition coefficient (Wildman–Crippen LogP) is 2.24. The minimum atomic E-state index is 0.625. The molecular weight excluding hydrogens is 288 g/mol. The largest absolute Gasteiger partial charge is 0.481 e. The third-order valence-electron chi connectivity index (χ3n) is 4.32. The maximum absolute atomic E-state index is 5.17.